The summed E-state index contributed by atoms with van der Waals surface area (Å²) in [6, 6.07) is 1.63. The molecule has 0 aliphatic carbocycles. The molecule has 0 amide bonds. The molecule has 0 aliphatic rings. The van der Waals surface area contributed by atoms with E-state index in [0.717, 1.165) is 0 Å². The first kappa shape index (κ1) is 9.82. The molecule has 0 fully saturated rings. The van der Waals surface area contributed by atoms with Crippen molar-refractivity contribution in [3.63, 3.8) is 0 Å². The van der Waals surface area contributed by atoms with Gasteiger partial charge in [0.05, 0.1) is 5.54 Å². The van der Waals surface area contributed by atoms with Gasteiger partial charge in [0.25, 0.3) is 0 Å². The minimum Gasteiger partial charge on any atom is -0.354 e. The van der Waals surface area contributed by atoms with E-state index in [1.54, 1.807) is 6.07 Å². The van der Waals surface area contributed by atoms with Gasteiger partial charge in [-0.25, -0.2) is 9.97 Å². The molecule has 0 spiro atoms. The Balaban J connectivity index is 2.82. The molecule has 0 aliphatic heterocycles. The second-order valence-electron chi connectivity index (χ2n) is 3.12. The van der Waals surface area contributed by atoms with Gasteiger partial charge in [-0.2, -0.15) is 0 Å². The topological polar surface area (TPSA) is 37.8 Å². The van der Waals surface area contributed by atoms with Crippen molar-refractivity contribution in [2.45, 2.75) is 19.4 Å². The average Bonchev–Trinajstić information content (AvgIpc) is 2.03. The summed E-state index contributed by atoms with van der Waals surface area (Å²) in [5, 5.41) is 3.43. The predicted octanol–water partition coefficient (Wildman–Crippen LogP) is 1.95. The predicted molar refractivity (Wildman–Crippen MR) is 53.6 cm³/mol. The molecule has 0 radical (unpaired) electrons. The number of halogens is 1. The van der Waals surface area contributed by atoms with Crippen molar-refractivity contribution in [2.24, 2.45) is 0 Å². The molecule has 13 heavy (non-hydrogen) atoms. The van der Waals surface area contributed by atoms with Crippen molar-refractivity contribution in [2.75, 3.05) is 5.32 Å². The van der Waals surface area contributed by atoms with Crippen molar-refractivity contribution in [1.29, 1.82) is 0 Å². The second-order valence-corrected chi connectivity index (χ2v) is 3.51. The Hall–Kier alpha value is -1.27. The number of anilines is 1. The number of nitrogens with one attached hydrogen (secondary N) is 1. The molecule has 0 aromatic carbocycles. The smallest absolute Gasteiger partial charge is 0.134 e. The number of hydrogen-bond donors (Lipinski definition) is 1. The minimum atomic E-state index is -0.433. The van der Waals surface area contributed by atoms with E-state index in [0.29, 0.717) is 11.0 Å². The normalized spacial score (nSPS) is 10.6. The number of terminal acetylenes is 1. The Morgan fingerprint density at radius 1 is 1.54 bits per heavy atom. The third-order valence-electron chi connectivity index (χ3n) is 1.44. The number of nitrogens with zero attached hydrogens (tertiary/aromatic N) is 2. The lowest BCUT2D eigenvalue weighted by atomic mass is 10.1. The van der Waals surface area contributed by atoms with Gasteiger partial charge in [-0.3, -0.25) is 0 Å². The molecule has 0 unspecified atom stereocenters. The molecule has 1 heterocycles. The van der Waals surface area contributed by atoms with E-state index in [4.69, 9.17) is 18.0 Å². The minimum absolute atomic E-state index is 0.394. The van der Waals surface area contributed by atoms with E-state index in [1.165, 1.54) is 6.33 Å². The maximum Gasteiger partial charge on any atom is 0.134 e. The molecular weight excluding hydrogens is 186 g/mol. The van der Waals surface area contributed by atoms with Crippen LogP contribution in [0.25, 0.3) is 0 Å². The molecule has 0 bridgehead atoms. The van der Waals surface area contributed by atoms with Crippen LogP contribution in [0.3, 0.4) is 0 Å². The maximum atomic E-state index is 5.67. The molecule has 0 saturated heterocycles. The van der Waals surface area contributed by atoms with Crippen LogP contribution in [-0.2, 0) is 0 Å². The van der Waals surface area contributed by atoms with Gasteiger partial charge in [0.2, 0.25) is 0 Å². The Bertz CT molecular complexity index is 341. The van der Waals surface area contributed by atoms with Crippen molar-refractivity contribution in [3.8, 4) is 12.3 Å². The highest BCUT2D eigenvalue weighted by molar-refractivity contribution is 6.29. The summed E-state index contributed by atoms with van der Waals surface area (Å²) >= 11 is 5.67. The fourth-order valence-electron chi connectivity index (χ4n) is 0.758. The van der Waals surface area contributed by atoms with E-state index in [9.17, 15) is 0 Å². The summed E-state index contributed by atoms with van der Waals surface area (Å²) in [5.74, 6) is 3.22. The van der Waals surface area contributed by atoms with Crippen molar-refractivity contribution in [3.05, 3.63) is 17.5 Å². The zero-order chi connectivity index (χ0) is 9.90. The van der Waals surface area contributed by atoms with Crippen LogP contribution in [0.5, 0.6) is 0 Å². The van der Waals surface area contributed by atoms with Crippen LogP contribution in [-0.4, -0.2) is 15.5 Å². The number of hydrogen-bond acceptors (Lipinski definition) is 3. The Labute approximate surface area is 82.5 Å². The summed E-state index contributed by atoms with van der Waals surface area (Å²) in [6.45, 7) is 3.76. The molecular formula is C9H10ClN3. The lowest BCUT2D eigenvalue weighted by molar-refractivity contribution is 0.735. The molecule has 0 atom stereocenters. The van der Waals surface area contributed by atoms with Gasteiger partial charge in [0, 0.05) is 6.07 Å². The molecule has 1 rings (SSSR count). The van der Waals surface area contributed by atoms with Crippen LogP contribution in [0.15, 0.2) is 12.4 Å². The molecule has 0 saturated carbocycles. The van der Waals surface area contributed by atoms with Crippen LogP contribution in [0.4, 0.5) is 5.82 Å². The second kappa shape index (κ2) is 3.63. The summed E-state index contributed by atoms with van der Waals surface area (Å²) in [5.41, 5.74) is -0.433. The molecule has 3 nitrogen and oxygen atoms in total. The standard InChI is InChI=1S/C9H10ClN3/c1-4-9(2,3)13-8-5-7(10)11-6-12-8/h1,5-6H,2-3H3,(H,11,12,13). The maximum absolute atomic E-state index is 5.67. The van der Waals surface area contributed by atoms with E-state index in [1.807, 2.05) is 13.8 Å². The van der Waals surface area contributed by atoms with Gasteiger partial charge < -0.3 is 5.32 Å². The summed E-state index contributed by atoms with van der Waals surface area (Å²) in [6.07, 6.45) is 6.69. The highest BCUT2D eigenvalue weighted by atomic mass is 35.5. The lowest BCUT2D eigenvalue weighted by Crippen LogP contribution is -2.28. The Morgan fingerprint density at radius 3 is 2.77 bits per heavy atom. The zero-order valence-corrected chi connectivity index (χ0v) is 8.26. The van der Waals surface area contributed by atoms with Crippen molar-refractivity contribution >= 4 is 17.4 Å². The monoisotopic (exact) mass is 195 g/mol. The Morgan fingerprint density at radius 2 is 2.23 bits per heavy atom. The summed E-state index contributed by atoms with van der Waals surface area (Å²) in [4.78, 5) is 7.73. The van der Waals surface area contributed by atoms with Crippen LogP contribution >= 0.6 is 11.6 Å². The molecule has 1 aromatic heterocycles. The van der Waals surface area contributed by atoms with Crippen LogP contribution in [0.2, 0.25) is 5.15 Å². The van der Waals surface area contributed by atoms with Crippen molar-refractivity contribution < 1.29 is 0 Å². The zero-order valence-electron chi connectivity index (χ0n) is 7.50. The molecule has 4 heteroatoms. The van der Waals surface area contributed by atoms with E-state index in [-0.39, 0.29) is 0 Å². The lowest BCUT2D eigenvalue weighted by Gasteiger charge is -2.19. The third kappa shape index (κ3) is 2.92. The van der Waals surface area contributed by atoms with Gasteiger partial charge >= 0.3 is 0 Å². The first-order valence-electron chi connectivity index (χ1n) is 3.77. The van der Waals surface area contributed by atoms with Crippen LogP contribution in [0.1, 0.15) is 13.8 Å². The van der Waals surface area contributed by atoms with E-state index in [2.05, 4.69) is 21.2 Å². The average molecular weight is 196 g/mol. The fourth-order valence-corrected chi connectivity index (χ4v) is 0.905. The van der Waals surface area contributed by atoms with Gasteiger partial charge in [0.15, 0.2) is 0 Å². The van der Waals surface area contributed by atoms with E-state index < -0.39 is 5.54 Å². The largest absolute Gasteiger partial charge is 0.354 e. The van der Waals surface area contributed by atoms with Crippen molar-refractivity contribution in [1.82, 2.24) is 9.97 Å². The van der Waals surface area contributed by atoms with Gasteiger partial charge in [0.1, 0.15) is 17.3 Å². The van der Waals surface area contributed by atoms with Gasteiger partial charge in [-0.1, -0.05) is 17.5 Å². The number of rotatable bonds is 2. The SMILES string of the molecule is C#CC(C)(C)Nc1cc(Cl)ncn1. The van der Waals surface area contributed by atoms with Gasteiger partial charge in [-0.05, 0) is 13.8 Å². The third-order valence-corrected chi connectivity index (χ3v) is 1.64. The quantitative estimate of drug-likeness (QED) is 0.579. The highest BCUT2D eigenvalue weighted by Crippen LogP contribution is 2.13. The Kier molecular flexibility index (Phi) is 2.74. The number of aromatic nitrogens is 2. The first-order valence-corrected chi connectivity index (χ1v) is 4.15. The van der Waals surface area contributed by atoms with Gasteiger partial charge in [-0.15, -0.1) is 6.42 Å². The highest BCUT2D eigenvalue weighted by Gasteiger charge is 2.13. The van der Waals surface area contributed by atoms with Crippen LogP contribution < -0.4 is 5.32 Å². The first-order chi connectivity index (χ1) is 6.03. The van der Waals surface area contributed by atoms with E-state index >= 15 is 0 Å². The molecule has 1 N–H and O–H groups in total. The van der Waals surface area contributed by atoms with Crippen LogP contribution in [0, 0.1) is 12.3 Å². The summed E-state index contributed by atoms with van der Waals surface area (Å²) in [7, 11) is 0. The fraction of sp³-hybridized carbons (Fsp3) is 0.333. The molecule has 68 valence electrons. The molecule has 1 aromatic rings. The summed E-state index contributed by atoms with van der Waals surface area (Å²) < 4.78 is 0.